The minimum absolute atomic E-state index is 0.234. The predicted octanol–water partition coefficient (Wildman–Crippen LogP) is 0.406. The quantitative estimate of drug-likeness (QED) is 0.682. The number of nitrogens with zero attached hydrogens (tertiary/aromatic N) is 1. The van der Waals surface area contributed by atoms with Crippen molar-refractivity contribution in [3.63, 3.8) is 0 Å². The molecule has 6 nitrogen and oxygen atoms in total. The van der Waals surface area contributed by atoms with Crippen LogP contribution < -0.4 is 5.32 Å². The number of amides is 2. The first-order valence-corrected chi connectivity index (χ1v) is 6.55. The molecule has 2 rings (SSSR count). The lowest BCUT2D eigenvalue weighted by Gasteiger charge is -2.37. The van der Waals surface area contributed by atoms with Crippen LogP contribution in [-0.2, 0) is 4.79 Å². The maximum atomic E-state index is 12.0. The fourth-order valence-corrected chi connectivity index (χ4v) is 3.08. The highest BCUT2D eigenvalue weighted by Crippen LogP contribution is 2.36. The predicted molar refractivity (Wildman–Crippen MR) is 64.1 cm³/mol. The minimum Gasteiger partial charge on any atom is -0.479 e. The number of nitrogens with one attached hydrogen (secondary N) is 1. The van der Waals surface area contributed by atoms with Gasteiger partial charge in [-0.15, -0.1) is 0 Å². The summed E-state index contributed by atoms with van der Waals surface area (Å²) < 4.78 is 0. The zero-order chi connectivity index (χ0) is 13.1. The lowest BCUT2D eigenvalue weighted by Crippen LogP contribution is -2.52. The number of carboxylic acid groups (broad SMARTS) is 1. The number of hydrogen-bond acceptors (Lipinski definition) is 3. The third-order valence-corrected chi connectivity index (χ3v) is 3.99. The molecule has 3 N–H and O–H groups in total. The van der Waals surface area contributed by atoms with Gasteiger partial charge in [-0.2, -0.15) is 0 Å². The lowest BCUT2D eigenvalue weighted by molar-refractivity contribution is -0.146. The third-order valence-electron chi connectivity index (χ3n) is 3.99. The largest absolute Gasteiger partial charge is 0.479 e. The number of fused-ring (bicyclic) bond motifs is 1. The number of likely N-dealkylation sites (tertiary alicyclic amines) is 1. The van der Waals surface area contributed by atoms with Gasteiger partial charge in [-0.25, -0.2) is 9.59 Å². The molecule has 1 aliphatic heterocycles. The Hall–Kier alpha value is -1.30. The summed E-state index contributed by atoms with van der Waals surface area (Å²) in [5.41, 5.74) is 0. The van der Waals surface area contributed by atoms with Crippen LogP contribution in [0.2, 0.25) is 0 Å². The Labute approximate surface area is 106 Å². The van der Waals surface area contributed by atoms with E-state index in [0.717, 1.165) is 25.8 Å². The topological polar surface area (TPSA) is 89.9 Å². The summed E-state index contributed by atoms with van der Waals surface area (Å²) in [4.78, 5) is 24.2. The number of piperidine rings is 1. The van der Waals surface area contributed by atoms with Gasteiger partial charge in [0.15, 0.2) is 6.10 Å². The van der Waals surface area contributed by atoms with Gasteiger partial charge in [0.25, 0.3) is 0 Å². The van der Waals surface area contributed by atoms with Gasteiger partial charge in [0.2, 0.25) is 0 Å². The summed E-state index contributed by atoms with van der Waals surface area (Å²) in [6.07, 6.45) is 4.06. The number of carbonyl (C=O) groups excluding carboxylic acids is 1. The Morgan fingerprint density at radius 2 is 2.00 bits per heavy atom. The Morgan fingerprint density at radius 3 is 2.72 bits per heavy atom. The van der Waals surface area contributed by atoms with Gasteiger partial charge >= 0.3 is 12.0 Å². The fraction of sp³-hybridized carbons (Fsp3) is 0.833. The number of aliphatic hydroxyl groups excluding tert-OH is 1. The van der Waals surface area contributed by atoms with Crippen LogP contribution in [0.3, 0.4) is 0 Å². The molecule has 0 aromatic carbocycles. The molecule has 1 saturated carbocycles. The summed E-state index contributed by atoms with van der Waals surface area (Å²) in [5.74, 6) is -0.707. The molecule has 0 aromatic rings. The van der Waals surface area contributed by atoms with Crippen molar-refractivity contribution in [2.24, 2.45) is 5.92 Å². The van der Waals surface area contributed by atoms with E-state index >= 15 is 0 Å². The average Bonchev–Trinajstić information content (AvgIpc) is 2.83. The van der Waals surface area contributed by atoms with Crippen LogP contribution in [0.1, 0.15) is 32.1 Å². The molecule has 102 valence electrons. The van der Waals surface area contributed by atoms with E-state index in [4.69, 9.17) is 10.2 Å². The van der Waals surface area contributed by atoms with Gasteiger partial charge in [0.05, 0.1) is 6.54 Å². The molecule has 3 unspecified atom stereocenters. The first kappa shape index (κ1) is 13.1. The van der Waals surface area contributed by atoms with Crippen LogP contribution in [0.15, 0.2) is 0 Å². The van der Waals surface area contributed by atoms with Crippen LogP contribution in [0, 0.1) is 5.92 Å². The van der Waals surface area contributed by atoms with Gasteiger partial charge in [-0.3, -0.25) is 0 Å². The highest BCUT2D eigenvalue weighted by atomic mass is 16.4. The summed E-state index contributed by atoms with van der Waals surface area (Å²) in [5, 5.41) is 20.2. The number of rotatable bonds is 3. The monoisotopic (exact) mass is 256 g/mol. The van der Waals surface area contributed by atoms with Crippen LogP contribution in [0.4, 0.5) is 4.79 Å². The fourth-order valence-electron chi connectivity index (χ4n) is 3.08. The highest BCUT2D eigenvalue weighted by molar-refractivity contribution is 5.77. The number of hydrogen-bond donors (Lipinski definition) is 3. The van der Waals surface area contributed by atoms with E-state index in [0.29, 0.717) is 12.0 Å². The molecular formula is C12H20N2O4. The Morgan fingerprint density at radius 1 is 1.28 bits per heavy atom. The average molecular weight is 256 g/mol. The molecule has 1 heterocycles. The van der Waals surface area contributed by atoms with E-state index in [-0.39, 0.29) is 12.6 Å². The van der Waals surface area contributed by atoms with E-state index in [9.17, 15) is 9.59 Å². The minimum atomic E-state index is -1.53. The normalized spacial score (nSPS) is 28.6. The van der Waals surface area contributed by atoms with Crippen molar-refractivity contribution >= 4 is 12.0 Å². The van der Waals surface area contributed by atoms with E-state index < -0.39 is 12.1 Å². The molecule has 0 aromatic heterocycles. The Balaban J connectivity index is 1.86. The Bertz CT molecular complexity index is 334. The van der Waals surface area contributed by atoms with E-state index in [1.54, 1.807) is 0 Å². The van der Waals surface area contributed by atoms with Crippen molar-refractivity contribution in [1.82, 2.24) is 10.2 Å². The van der Waals surface area contributed by atoms with E-state index in [1.807, 2.05) is 4.90 Å². The molecule has 0 bridgehead atoms. The van der Waals surface area contributed by atoms with Gasteiger partial charge < -0.3 is 20.4 Å². The van der Waals surface area contributed by atoms with Gasteiger partial charge in [-0.1, -0.05) is 6.42 Å². The number of carbonyl (C=O) groups is 2. The molecule has 18 heavy (non-hydrogen) atoms. The molecule has 2 fully saturated rings. The van der Waals surface area contributed by atoms with Crippen molar-refractivity contribution in [2.75, 3.05) is 13.1 Å². The van der Waals surface area contributed by atoms with E-state index in [1.165, 1.54) is 12.8 Å². The zero-order valence-electron chi connectivity index (χ0n) is 10.3. The van der Waals surface area contributed by atoms with Gasteiger partial charge in [0, 0.05) is 12.6 Å². The second kappa shape index (κ2) is 5.56. The van der Waals surface area contributed by atoms with Crippen LogP contribution in [-0.4, -0.2) is 52.3 Å². The summed E-state index contributed by atoms with van der Waals surface area (Å²) in [6.45, 7) is 0.498. The van der Waals surface area contributed by atoms with Crippen molar-refractivity contribution < 1.29 is 19.8 Å². The molecule has 1 aliphatic carbocycles. The molecule has 6 heteroatoms. The van der Waals surface area contributed by atoms with Crippen molar-refractivity contribution in [3.8, 4) is 0 Å². The SMILES string of the molecule is O=C(O)C(O)CNC(=O)N1CCCC2CCCC21. The van der Waals surface area contributed by atoms with Gasteiger partial charge in [-0.05, 0) is 31.6 Å². The highest BCUT2D eigenvalue weighted by Gasteiger charge is 2.37. The summed E-state index contributed by atoms with van der Waals surface area (Å²) in [7, 11) is 0. The number of urea groups is 1. The van der Waals surface area contributed by atoms with Crippen molar-refractivity contribution in [2.45, 2.75) is 44.2 Å². The first-order valence-electron chi connectivity index (χ1n) is 6.55. The second-order valence-electron chi connectivity index (χ2n) is 5.13. The van der Waals surface area contributed by atoms with E-state index in [2.05, 4.69) is 5.32 Å². The molecule has 0 radical (unpaired) electrons. The van der Waals surface area contributed by atoms with Crippen LogP contribution in [0.25, 0.3) is 0 Å². The Kier molecular flexibility index (Phi) is 4.06. The molecule has 0 spiro atoms. The third kappa shape index (κ3) is 2.75. The molecule has 2 amide bonds. The smallest absolute Gasteiger partial charge is 0.334 e. The maximum absolute atomic E-state index is 12.0. The van der Waals surface area contributed by atoms with Crippen molar-refractivity contribution in [1.29, 1.82) is 0 Å². The second-order valence-corrected chi connectivity index (χ2v) is 5.13. The zero-order valence-corrected chi connectivity index (χ0v) is 10.3. The number of aliphatic hydroxyl groups is 1. The van der Waals surface area contributed by atoms with Gasteiger partial charge in [0.1, 0.15) is 0 Å². The van der Waals surface area contributed by atoms with Crippen LogP contribution >= 0.6 is 0 Å². The number of aliphatic carboxylic acids is 1. The number of carboxylic acids is 1. The molecule has 3 atom stereocenters. The lowest BCUT2D eigenvalue weighted by atomic mass is 9.92. The molecule has 1 saturated heterocycles. The van der Waals surface area contributed by atoms with Crippen molar-refractivity contribution in [3.05, 3.63) is 0 Å². The summed E-state index contributed by atoms with van der Waals surface area (Å²) >= 11 is 0. The standard InChI is InChI=1S/C12H20N2O4/c15-10(11(16)17)7-13-12(18)14-6-2-4-8-3-1-5-9(8)14/h8-10,15H,1-7H2,(H,13,18)(H,16,17). The van der Waals surface area contributed by atoms with Crippen LogP contribution in [0.5, 0.6) is 0 Å². The maximum Gasteiger partial charge on any atom is 0.334 e. The molecular weight excluding hydrogens is 236 g/mol. The first-order chi connectivity index (χ1) is 8.59. The summed E-state index contributed by atoms with van der Waals surface area (Å²) in [6, 6.07) is 0.0626. The molecule has 2 aliphatic rings.